The van der Waals surface area contributed by atoms with Crippen molar-refractivity contribution in [1.82, 2.24) is 29.2 Å². The maximum Gasteiger partial charge on any atom is 0.275 e. The van der Waals surface area contributed by atoms with Crippen molar-refractivity contribution in [2.45, 2.75) is 60.7 Å². The molecular formula is C24H28F4N8O8. The lowest BCUT2D eigenvalue weighted by Gasteiger charge is -2.30. The summed E-state index contributed by atoms with van der Waals surface area (Å²) in [5.74, 6) is 0.134. The lowest BCUT2D eigenvalue weighted by Crippen LogP contribution is -2.47. The van der Waals surface area contributed by atoms with Crippen molar-refractivity contribution in [3.05, 3.63) is 48.3 Å². The van der Waals surface area contributed by atoms with Gasteiger partial charge in [-0.25, -0.2) is 36.6 Å². The summed E-state index contributed by atoms with van der Waals surface area (Å²) in [6.45, 7) is -1.43. The molecule has 0 amide bonds. The highest BCUT2D eigenvalue weighted by atomic mass is 19.3. The number of fused-ring (bicyclic) bond motifs is 2. The molecule has 44 heavy (non-hydrogen) atoms. The highest BCUT2D eigenvalue weighted by Crippen LogP contribution is 2.46. The van der Waals surface area contributed by atoms with E-state index in [0.717, 1.165) is 21.7 Å². The minimum atomic E-state index is -3.18. The minimum absolute atomic E-state index is 0.0670. The fourth-order valence-corrected chi connectivity index (χ4v) is 5.49. The monoisotopic (exact) mass is 632 g/mol. The molecule has 8 atom stereocenters. The molecule has 6 heterocycles. The third-order valence-corrected chi connectivity index (χ3v) is 7.75. The van der Waals surface area contributed by atoms with E-state index < -0.39 is 73.9 Å². The third-order valence-electron chi connectivity index (χ3n) is 7.75. The van der Waals surface area contributed by atoms with E-state index in [-0.39, 0.29) is 34.1 Å². The second-order valence-corrected chi connectivity index (χ2v) is 10.1. The van der Waals surface area contributed by atoms with Gasteiger partial charge in [-0.2, -0.15) is 10.2 Å². The van der Waals surface area contributed by atoms with Gasteiger partial charge in [-0.15, -0.1) is 0 Å². The Morgan fingerprint density at radius 2 is 1.07 bits per heavy atom. The molecule has 4 aromatic rings. The van der Waals surface area contributed by atoms with Crippen LogP contribution in [0.25, 0.3) is 11.0 Å². The number of rotatable bonds is 6. The van der Waals surface area contributed by atoms with E-state index in [2.05, 4.69) is 20.2 Å². The quantitative estimate of drug-likeness (QED) is 0.105. The highest BCUT2D eigenvalue weighted by Gasteiger charge is 2.63. The standard InChI is InChI=1S/2C12H14F2N4O4/c2*13-11(14)12(9(21)8(20)6(3-19)22-12)7-2-1-5-10(15)16-4-17-18(5)7/h2*1-2,4,6,8-9,11,19-21H,3H2,(H2,15,16,17)/t6-,8+,9?,12+;6-,8-,9?,12-/m10/s1. The Hall–Kier alpha value is -3.76. The molecule has 0 spiro atoms. The van der Waals surface area contributed by atoms with E-state index >= 15 is 0 Å². The van der Waals surface area contributed by atoms with Crippen LogP contribution < -0.4 is 11.5 Å². The summed E-state index contributed by atoms with van der Waals surface area (Å²) in [5, 5.41) is 65.9. The van der Waals surface area contributed by atoms with Crippen LogP contribution in [0.4, 0.5) is 29.2 Å². The molecule has 0 aliphatic carbocycles. The molecule has 2 unspecified atom stereocenters. The fourth-order valence-electron chi connectivity index (χ4n) is 5.49. The number of aliphatic hydroxyl groups excluding tert-OH is 6. The Bertz CT molecular complexity index is 1510. The molecule has 0 saturated carbocycles. The molecule has 2 saturated heterocycles. The molecule has 240 valence electrons. The van der Waals surface area contributed by atoms with E-state index in [1.54, 1.807) is 0 Å². The average Bonchev–Trinajstić information content (AvgIpc) is 3.75. The van der Waals surface area contributed by atoms with Gasteiger partial charge in [0.1, 0.15) is 60.3 Å². The largest absolute Gasteiger partial charge is 0.394 e. The van der Waals surface area contributed by atoms with Gasteiger partial charge in [-0.1, -0.05) is 0 Å². The lowest BCUT2D eigenvalue weighted by atomic mass is 9.91. The SMILES string of the molecule is Nc1ncnn2c([C@]3(C(F)F)O[C@@H](CO)[C@H](O)C3O)ccc12.Nc1ncnn2c([C@]3(C(F)F)O[C@H](CO)[C@H](O)C3O)ccc12. The number of nitrogens with zero attached hydrogens (tertiary/aromatic N) is 6. The van der Waals surface area contributed by atoms with E-state index in [1.165, 1.54) is 24.3 Å². The number of alkyl halides is 4. The number of halogens is 4. The first kappa shape index (κ1) is 31.7. The fraction of sp³-hybridized carbons (Fsp3) is 0.500. The second-order valence-electron chi connectivity index (χ2n) is 10.1. The van der Waals surface area contributed by atoms with Crippen LogP contribution in [0.3, 0.4) is 0 Å². The van der Waals surface area contributed by atoms with Crippen LogP contribution in [0.5, 0.6) is 0 Å². The number of anilines is 2. The Morgan fingerprint density at radius 3 is 1.36 bits per heavy atom. The van der Waals surface area contributed by atoms with E-state index in [1.807, 2.05) is 0 Å². The zero-order chi connectivity index (χ0) is 32.1. The minimum Gasteiger partial charge on any atom is -0.394 e. The molecule has 2 aliphatic rings. The summed E-state index contributed by atoms with van der Waals surface area (Å²) in [6.07, 6.45) is -14.1. The smallest absolute Gasteiger partial charge is 0.275 e. The maximum atomic E-state index is 13.8. The van der Waals surface area contributed by atoms with Crippen LogP contribution >= 0.6 is 0 Å². The highest BCUT2D eigenvalue weighted by molar-refractivity contribution is 5.66. The van der Waals surface area contributed by atoms with Gasteiger partial charge in [0.05, 0.1) is 24.6 Å². The molecule has 16 nitrogen and oxygen atoms in total. The second kappa shape index (κ2) is 11.6. The van der Waals surface area contributed by atoms with E-state index in [0.29, 0.717) is 0 Å². The molecular weight excluding hydrogens is 604 g/mol. The van der Waals surface area contributed by atoms with E-state index in [4.69, 9.17) is 31.2 Å². The molecule has 10 N–H and O–H groups in total. The summed E-state index contributed by atoms with van der Waals surface area (Å²) in [6, 6.07) is 5.34. The molecule has 0 aromatic carbocycles. The van der Waals surface area contributed by atoms with Gasteiger partial charge in [0.2, 0.25) is 0 Å². The van der Waals surface area contributed by atoms with Gasteiger partial charge in [0, 0.05) is 0 Å². The van der Waals surface area contributed by atoms with Crippen LogP contribution in [0.1, 0.15) is 11.4 Å². The number of hydrogen-bond acceptors (Lipinski definition) is 14. The summed E-state index contributed by atoms with van der Waals surface area (Å²) in [4.78, 5) is 7.49. The molecule has 2 fully saturated rings. The Morgan fingerprint density at radius 1 is 0.705 bits per heavy atom. The Kier molecular flexibility index (Phi) is 8.37. The van der Waals surface area contributed by atoms with Gasteiger partial charge >= 0.3 is 0 Å². The van der Waals surface area contributed by atoms with Gasteiger partial charge in [0.15, 0.2) is 22.8 Å². The van der Waals surface area contributed by atoms with Gasteiger partial charge in [-0.05, 0) is 24.3 Å². The van der Waals surface area contributed by atoms with Crippen LogP contribution in [0.2, 0.25) is 0 Å². The summed E-state index contributed by atoms with van der Waals surface area (Å²) < 4.78 is 67.5. The Balaban J connectivity index is 0.000000175. The molecule has 0 bridgehead atoms. The predicted octanol–water partition coefficient (Wildman–Crippen LogP) is -2.23. The number of hydrogen-bond donors (Lipinski definition) is 8. The van der Waals surface area contributed by atoms with Crippen LogP contribution in [-0.2, 0) is 20.7 Å². The zero-order valence-corrected chi connectivity index (χ0v) is 22.3. The number of ether oxygens (including phenoxy) is 2. The number of nitrogen functional groups attached to an aromatic ring is 2. The van der Waals surface area contributed by atoms with Crippen molar-refractivity contribution in [3.63, 3.8) is 0 Å². The van der Waals surface area contributed by atoms with Crippen LogP contribution in [0, 0.1) is 0 Å². The molecule has 0 radical (unpaired) electrons. The molecule has 2 aliphatic heterocycles. The van der Waals surface area contributed by atoms with Gasteiger partial charge in [-0.3, -0.25) is 0 Å². The lowest BCUT2D eigenvalue weighted by molar-refractivity contribution is -0.179. The van der Waals surface area contributed by atoms with Crippen LogP contribution in [0.15, 0.2) is 36.9 Å². The first-order valence-corrected chi connectivity index (χ1v) is 12.9. The van der Waals surface area contributed by atoms with Crippen molar-refractivity contribution >= 4 is 22.7 Å². The zero-order valence-electron chi connectivity index (χ0n) is 22.3. The van der Waals surface area contributed by atoms with Crippen molar-refractivity contribution in [1.29, 1.82) is 0 Å². The number of aromatic nitrogens is 6. The Labute approximate surface area is 243 Å². The van der Waals surface area contributed by atoms with Crippen LogP contribution in [-0.4, -0.2) is 123 Å². The first-order valence-electron chi connectivity index (χ1n) is 12.9. The summed E-state index contributed by atoms with van der Waals surface area (Å²) in [5.41, 5.74) is 6.39. The molecule has 6 rings (SSSR count). The third kappa shape index (κ3) is 4.53. The van der Waals surface area contributed by atoms with Crippen molar-refractivity contribution < 1.29 is 57.7 Å². The van der Waals surface area contributed by atoms with E-state index in [9.17, 15) is 38.0 Å². The number of nitrogens with two attached hydrogens (primary N) is 2. The molecule has 4 aromatic heterocycles. The molecule has 20 heteroatoms. The summed E-state index contributed by atoms with van der Waals surface area (Å²) in [7, 11) is 0. The predicted molar refractivity (Wildman–Crippen MR) is 138 cm³/mol. The first-order chi connectivity index (χ1) is 20.9. The topological polar surface area (TPSA) is 252 Å². The summed E-state index contributed by atoms with van der Waals surface area (Å²) >= 11 is 0. The van der Waals surface area contributed by atoms with Gasteiger partial charge in [0.25, 0.3) is 12.9 Å². The normalized spacial score (nSPS) is 32.2. The number of aliphatic hydroxyl groups is 6. The van der Waals surface area contributed by atoms with Crippen molar-refractivity contribution in [2.24, 2.45) is 0 Å². The maximum absolute atomic E-state index is 13.8. The average molecular weight is 633 g/mol. The van der Waals surface area contributed by atoms with Crippen molar-refractivity contribution in [3.8, 4) is 0 Å². The van der Waals surface area contributed by atoms with Gasteiger partial charge < -0.3 is 51.6 Å². The van der Waals surface area contributed by atoms with Crippen molar-refractivity contribution in [2.75, 3.05) is 24.7 Å².